The van der Waals surface area contributed by atoms with Crippen LogP contribution in [-0.2, 0) is 35.8 Å². The van der Waals surface area contributed by atoms with Gasteiger partial charge < -0.3 is 15.2 Å². The zero-order chi connectivity index (χ0) is 32.0. The second-order valence-electron chi connectivity index (χ2n) is 13.7. The van der Waals surface area contributed by atoms with Crippen LogP contribution >= 0.6 is 16.3 Å². The van der Waals surface area contributed by atoms with Crippen LogP contribution in [0.3, 0.4) is 0 Å². The second kappa shape index (κ2) is 10.8. The van der Waals surface area contributed by atoms with E-state index in [1.165, 1.54) is 15.8 Å². The Morgan fingerprint density at radius 3 is 2.74 bits per heavy atom. The molecule has 2 aromatic carbocycles. The fourth-order valence-corrected chi connectivity index (χ4v) is 8.98. The molecule has 3 aromatic rings. The maximum Gasteiger partial charge on any atom is 0.289 e. The highest BCUT2D eigenvalue weighted by atomic mass is 79.9. The van der Waals surface area contributed by atoms with E-state index >= 15 is 0 Å². The third-order valence-electron chi connectivity index (χ3n) is 10.8. The van der Waals surface area contributed by atoms with Gasteiger partial charge in [-0.25, -0.2) is 0 Å². The number of carbonyl (C=O) groups excluding carboxylic acids is 3. The van der Waals surface area contributed by atoms with Crippen molar-refractivity contribution in [1.82, 2.24) is 25.0 Å². The van der Waals surface area contributed by atoms with Crippen LogP contribution in [0.2, 0.25) is 0 Å². The Bertz CT molecular complexity index is 1770. The Morgan fingerprint density at radius 2 is 1.98 bits per heavy atom. The lowest BCUT2D eigenvalue weighted by Crippen LogP contribution is -2.71. The van der Waals surface area contributed by atoms with E-state index in [1.807, 2.05) is 57.3 Å². The minimum atomic E-state index is -1.74. The summed E-state index contributed by atoms with van der Waals surface area (Å²) in [5.74, 6) is -3.49. The summed E-state index contributed by atoms with van der Waals surface area (Å²) in [6.45, 7) is 4.76. The number of hydrogen-bond acceptors (Lipinski definition) is 6. The van der Waals surface area contributed by atoms with Crippen molar-refractivity contribution in [1.29, 1.82) is 0 Å². The largest absolute Gasteiger partial charge is 0.361 e. The van der Waals surface area contributed by atoms with Gasteiger partial charge in [0.05, 0.1) is 5.92 Å². The summed E-state index contributed by atoms with van der Waals surface area (Å²) in [6.07, 6.45) is 6.69. The maximum atomic E-state index is 14.8. The minimum absolute atomic E-state index is 0.130. The monoisotopic (exact) mass is 687 g/mol. The van der Waals surface area contributed by atoms with Crippen LogP contribution in [0.25, 0.3) is 16.5 Å². The number of ether oxygens (including phenoxy) is 1. The number of likely N-dealkylation sites (N-methyl/N-ethyl adjacent to an activating group) is 1. The van der Waals surface area contributed by atoms with Crippen molar-refractivity contribution in [2.45, 2.75) is 69.3 Å². The lowest BCUT2D eigenvalue weighted by molar-refractivity contribution is -0.298. The molecule has 3 amide bonds. The Morgan fingerprint density at radius 1 is 1.17 bits per heavy atom. The second-order valence-corrected chi connectivity index (χ2v) is 14.0. The maximum absolute atomic E-state index is 14.8. The number of nitrogens with zero attached hydrogens (tertiary/aromatic N) is 3. The highest BCUT2D eigenvalue weighted by Gasteiger charge is 2.73. The molecule has 1 aromatic heterocycles. The van der Waals surface area contributed by atoms with Gasteiger partial charge in [0.2, 0.25) is 17.5 Å². The number of rotatable bonds is 6. The van der Waals surface area contributed by atoms with Crippen molar-refractivity contribution in [3.8, 4) is 0 Å². The van der Waals surface area contributed by atoms with Crippen molar-refractivity contribution in [2.24, 2.45) is 11.8 Å². The molecule has 3 fully saturated rings. The van der Waals surface area contributed by atoms with Crippen molar-refractivity contribution >= 4 is 50.5 Å². The first kappa shape index (κ1) is 29.9. The lowest BCUT2D eigenvalue weighted by atomic mass is 9.79. The summed E-state index contributed by atoms with van der Waals surface area (Å²) >= 11 is 3.23. The topological polar surface area (TPSA) is 107 Å². The highest BCUT2D eigenvalue weighted by Crippen LogP contribution is 2.51. The molecule has 5 heterocycles. The van der Waals surface area contributed by atoms with Gasteiger partial charge in [-0.1, -0.05) is 62.4 Å². The van der Waals surface area contributed by atoms with Gasteiger partial charge >= 0.3 is 0 Å². The Balaban J connectivity index is 1.17. The Labute approximate surface area is 276 Å². The van der Waals surface area contributed by atoms with E-state index in [2.05, 4.69) is 55.9 Å². The van der Waals surface area contributed by atoms with E-state index in [9.17, 15) is 14.4 Å². The van der Waals surface area contributed by atoms with E-state index in [1.54, 1.807) is 4.90 Å². The minimum Gasteiger partial charge on any atom is -0.361 e. The number of aromatic amines is 1. The SMILES string of the molecule is CC(C)C1(NC(=O)C2C=C3c4cccc5[nH]cc(c45)CC3N(C)C2)OC2(OBr)C3CCCN3C(=O)C(Cc3ccccc3)N2C1=O. The van der Waals surface area contributed by atoms with Crippen LogP contribution in [-0.4, -0.2) is 87.3 Å². The molecule has 3 saturated heterocycles. The van der Waals surface area contributed by atoms with Gasteiger partial charge in [-0.15, -0.1) is 0 Å². The van der Waals surface area contributed by atoms with Gasteiger partial charge in [0, 0.05) is 48.6 Å². The van der Waals surface area contributed by atoms with Gasteiger partial charge in [-0.05, 0) is 54.6 Å². The smallest absolute Gasteiger partial charge is 0.289 e. The molecule has 240 valence electrons. The fraction of sp³-hybridized carbons (Fsp3) is 0.457. The molecule has 11 heteroatoms. The summed E-state index contributed by atoms with van der Waals surface area (Å²) in [5, 5.41) is 4.31. The first-order valence-corrected chi connectivity index (χ1v) is 16.8. The van der Waals surface area contributed by atoms with Crippen LogP contribution in [0.4, 0.5) is 0 Å². The summed E-state index contributed by atoms with van der Waals surface area (Å²) in [4.78, 5) is 52.1. The molecule has 6 atom stereocenters. The number of hydrogen-bond donors (Lipinski definition) is 2. The molecule has 5 aliphatic rings. The van der Waals surface area contributed by atoms with E-state index < -0.39 is 41.5 Å². The van der Waals surface area contributed by atoms with E-state index in [-0.39, 0.29) is 17.9 Å². The molecular weight excluding hydrogens is 650 g/mol. The zero-order valence-electron chi connectivity index (χ0n) is 26.2. The molecular formula is C35H38BrN5O5. The molecule has 8 rings (SSSR count). The van der Waals surface area contributed by atoms with Crippen molar-refractivity contribution in [3.63, 3.8) is 0 Å². The number of halogens is 1. The number of nitrogens with one attached hydrogen (secondary N) is 2. The van der Waals surface area contributed by atoms with E-state index in [4.69, 9.17) is 8.57 Å². The molecule has 46 heavy (non-hydrogen) atoms. The number of benzene rings is 2. The summed E-state index contributed by atoms with van der Waals surface area (Å²) in [6, 6.07) is 14.7. The average molecular weight is 689 g/mol. The summed E-state index contributed by atoms with van der Waals surface area (Å²) in [7, 11) is 2.05. The van der Waals surface area contributed by atoms with E-state index in [0.29, 0.717) is 25.9 Å². The molecule has 6 unspecified atom stereocenters. The summed E-state index contributed by atoms with van der Waals surface area (Å²) < 4.78 is 12.8. The quantitative estimate of drug-likeness (QED) is 0.407. The lowest BCUT2D eigenvalue weighted by Gasteiger charge is -2.50. The van der Waals surface area contributed by atoms with Crippen molar-refractivity contribution in [2.75, 3.05) is 20.1 Å². The predicted octanol–water partition coefficient (Wildman–Crippen LogP) is 3.96. The third kappa shape index (κ3) is 4.14. The molecule has 1 aliphatic carbocycles. The first-order valence-electron chi connectivity index (χ1n) is 16.2. The van der Waals surface area contributed by atoms with Crippen LogP contribution < -0.4 is 5.32 Å². The van der Waals surface area contributed by atoms with Gasteiger partial charge in [-0.3, -0.25) is 32.7 Å². The molecule has 10 nitrogen and oxygen atoms in total. The average Bonchev–Trinajstić information content (AvgIpc) is 3.78. The number of carbonyl (C=O) groups is 3. The highest BCUT2D eigenvalue weighted by molar-refractivity contribution is 9.06. The fourth-order valence-electron chi connectivity index (χ4n) is 8.54. The first-order chi connectivity index (χ1) is 22.2. The molecule has 0 spiro atoms. The molecule has 2 N–H and O–H groups in total. The van der Waals surface area contributed by atoms with Crippen LogP contribution in [0.15, 0.2) is 60.8 Å². The molecule has 0 saturated carbocycles. The van der Waals surface area contributed by atoms with E-state index in [0.717, 1.165) is 35.1 Å². The predicted molar refractivity (Wildman–Crippen MR) is 175 cm³/mol. The van der Waals surface area contributed by atoms with Gasteiger partial charge in [-0.2, -0.15) is 0 Å². The number of piperazine rings is 1. The Kier molecular flexibility index (Phi) is 6.99. The van der Waals surface area contributed by atoms with Gasteiger partial charge in [0.25, 0.3) is 11.8 Å². The molecule has 0 radical (unpaired) electrons. The third-order valence-corrected chi connectivity index (χ3v) is 11.3. The molecule has 4 aliphatic heterocycles. The zero-order valence-corrected chi connectivity index (χ0v) is 27.7. The van der Waals surface area contributed by atoms with Crippen LogP contribution in [0.1, 0.15) is 43.4 Å². The Hall–Kier alpha value is -3.51. The van der Waals surface area contributed by atoms with Gasteiger partial charge in [0.15, 0.2) is 0 Å². The normalized spacial score (nSPS) is 32.1. The number of H-pyrrole nitrogens is 1. The summed E-state index contributed by atoms with van der Waals surface area (Å²) in [5.41, 5.74) is 3.79. The standard InChI is InChI=1S/C35H38BrN5O5/c1-20(2)34(38-31(42)23-16-25-24-11-7-12-26-30(24)22(18-37-26)17-27(25)39(3)19-23)33(44)41-28(15-21-9-5-4-6-10-21)32(43)40-14-8-13-29(40)35(41,45-34)46-36/h4-7,9-12,16,18,20,23,27-29,37H,8,13-15,17,19H2,1-3H3,(H,38,42). The van der Waals surface area contributed by atoms with Crippen molar-refractivity contribution in [3.05, 3.63) is 77.5 Å². The van der Waals surface area contributed by atoms with Crippen LogP contribution in [0, 0.1) is 11.8 Å². The molecule has 0 bridgehead atoms. The number of aromatic nitrogens is 1. The number of amides is 3. The van der Waals surface area contributed by atoms with Gasteiger partial charge in [0.1, 0.15) is 28.3 Å². The van der Waals surface area contributed by atoms with Crippen LogP contribution in [0.5, 0.6) is 0 Å². The van der Waals surface area contributed by atoms with Crippen molar-refractivity contribution < 1.29 is 22.9 Å². The number of fused-ring (bicyclic) bond motifs is 5.